The van der Waals surface area contributed by atoms with Crippen LogP contribution in [-0.2, 0) is 10.0 Å². The first-order valence-corrected chi connectivity index (χ1v) is 8.05. The summed E-state index contributed by atoms with van der Waals surface area (Å²) >= 11 is 0. The Morgan fingerprint density at radius 1 is 1.32 bits per heavy atom. The SMILES string of the molecule is CN(c1ccc(F)cc1)S(=O)(=O)CC1CCCCN1. The van der Waals surface area contributed by atoms with Gasteiger partial charge in [0.05, 0.1) is 11.4 Å². The van der Waals surface area contributed by atoms with Gasteiger partial charge in [0, 0.05) is 13.1 Å². The molecule has 0 aromatic heterocycles. The second kappa shape index (κ2) is 5.88. The Hall–Kier alpha value is -1.14. The van der Waals surface area contributed by atoms with Gasteiger partial charge in [-0.25, -0.2) is 12.8 Å². The summed E-state index contributed by atoms with van der Waals surface area (Å²) in [6.07, 6.45) is 3.05. The predicted octanol–water partition coefficient (Wildman–Crippen LogP) is 1.73. The van der Waals surface area contributed by atoms with Gasteiger partial charge in [-0.15, -0.1) is 0 Å². The van der Waals surface area contributed by atoms with Gasteiger partial charge in [0.2, 0.25) is 10.0 Å². The van der Waals surface area contributed by atoms with Crippen LogP contribution in [0.15, 0.2) is 24.3 Å². The van der Waals surface area contributed by atoms with Crippen molar-refractivity contribution in [3.05, 3.63) is 30.1 Å². The lowest BCUT2D eigenvalue weighted by atomic mass is 10.1. The zero-order chi connectivity index (χ0) is 13.9. The molecule has 1 saturated heterocycles. The fourth-order valence-corrected chi connectivity index (χ4v) is 3.70. The molecule has 1 atom stereocenters. The molecule has 2 rings (SSSR count). The smallest absolute Gasteiger partial charge is 0.236 e. The Bertz CT molecular complexity index is 510. The number of nitrogens with one attached hydrogen (secondary N) is 1. The Kier molecular flexibility index (Phi) is 4.42. The molecule has 1 heterocycles. The molecule has 19 heavy (non-hydrogen) atoms. The molecule has 1 N–H and O–H groups in total. The van der Waals surface area contributed by atoms with E-state index in [1.54, 1.807) is 0 Å². The van der Waals surface area contributed by atoms with Gasteiger partial charge in [-0.3, -0.25) is 4.31 Å². The Morgan fingerprint density at radius 3 is 2.58 bits per heavy atom. The van der Waals surface area contributed by atoms with Crippen LogP contribution in [0, 0.1) is 5.82 Å². The molecule has 0 aliphatic carbocycles. The van der Waals surface area contributed by atoms with E-state index in [-0.39, 0.29) is 17.6 Å². The average Bonchev–Trinajstić information content (AvgIpc) is 2.39. The van der Waals surface area contributed by atoms with Crippen molar-refractivity contribution in [2.75, 3.05) is 23.7 Å². The van der Waals surface area contributed by atoms with Gasteiger partial charge < -0.3 is 5.32 Å². The average molecular weight is 286 g/mol. The summed E-state index contributed by atoms with van der Waals surface area (Å²) < 4.78 is 38.6. The van der Waals surface area contributed by atoms with Gasteiger partial charge in [-0.05, 0) is 43.7 Å². The lowest BCUT2D eigenvalue weighted by Crippen LogP contribution is -2.43. The molecule has 1 aliphatic heterocycles. The van der Waals surface area contributed by atoms with E-state index in [0.717, 1.165) is 25.8 Å². The number of halogens is 1. The molecule has 106 valence electrons. The molecule has 1 aromatic rings. The lowest BCUT2D eigenvalue weighted by molar-refractivity contribution is 0.423. The van der Waals surface area contributed by atoms with E-state index in [1.807, 2.05) is 0 Å². The minimum absolute atomic E-state index is 0.0154. The fraction of sp³-hybridized carbons (Fsp3) is 0.538. The predicted molar refractivity (Wildman–Crippen MR) is 74.2 cm³/mol. The topological polar surface area (TPSA) is 49.4 Å². The summed E-state index contributed by atoms with van der Waals surface area (Å²) in [4.78, 5) is 0. The first kappa shape index (κ1) is 14.3. The number of rotatable bonds is 4. The van der Waals surface area contributed by atoms with E-state index in [1.165, 1.54) is 35.6 Å². The Morgan fingerprint density at radius 2 is 2.00 bits per heavy atom. The van der Waals surface area contributed by atoms with Crippen LogP contribution >= 0.6 is 0 Å². The van der Waals surface area contributed by atoms with Crippen LogP contribution in [-0.4, -0.2) is 33.8 Å². The summed E-state index contributed by atoms with van der Waals surface area (Å²) in [5.74, 6) is -0.288. The quantitative estimate of drug-likeness (QED) is 0.917. The number of hydrogen-bond donors (Lipinski definition) is 1. The van der Waals surface area contributed by atoms with Crippen LogP contribution in [0.2, 0.25) is 0 Å². The highest BCUT2D eigenvalue weighted by molar-refractivity contribution is 7.92. The molecule has 0 bridgehead atoms. The van der Waals surface area contributed by atoms with E-state index < -0.39 is 10.0 Å². The minimum atomic E-state index is -3.38. The molecule has 0 saturated carbocycles. The summed E-state index contributed by atoms with van der Waals surface area (Å²) in [7, 11) is -1.87. The first-order chi connectivity index (χ1) is 8.99. The van der Waals surface area contributed by atoms with Gasteiger partial charge in [-0.2, -0.15) is 0 Å². The first-order valence-electron chi connectivity index (χ1n) is 6.44. The van der Waals surface area contributed by atoms with Crippen molar-refractivity contribution in [1.82, 2.24) is 5.32 Å². The van der Waals surface area contributed by atoms with Crippen LogP contribution < -0.4 is 9.62 Å². The van der Waals surface area contributed by atoms with E-state index in [0.29, 0.717) is 5.69 Å². The molecule has 1 aromatic carbocycles. The molecular formula is C13H19FN2O2S. The largest absolute Gasteiger partial charge is 0.313 e. The number of sulfonamides is 1. The maximum Gasteiger partial charge on any atom is 0.236 e. The molecule has 0 amide bonds. The maximum atomic E-state index is 12.8. The van der Waals surface area contributed by atoms with Crippen LogP contribution in [0.3, 0.4) is 0 Å². The molecule has 0 radical (unpaired) electrons. The van der Waals surface area contributed by atoms with Gasteiger partial charge in [0.25, 0.3) is 0 Å². The van der Waals surface area contributed by atoms with Crippen molar-refractivity contribution in [1.29, 1.82) is 0 Å². The molecule has 0 spiro atoms. The van der Waals surface area contributed by atoms with Gasteiger partial charge >= 0.3 is 0 Å². The van der Waals surface area contributed by atoms with Gasteiger partial charge in [0.15, 0.2) is 0 Å². The number of hydrogen-bond acceptors (Lipinski definition) is 3. The molecule has 6 heteroatoms. The molecular weight excluding hydrogens is 267 g/mol. The van der Waals surface area contributed by atoms with E-state index in [4.69, 9.17) is 0 Å². The van der Waals surface area contributed by atoms with Crippen molar-refractivity contribution in [3.8, 4) is 0 Å². The van der Waals surface area contributed by atoms with Crippen molar-refractivity contribution in [3.63, 3.8) is 0 Å². The fourth-order valence-electron chi connectivity index (χ4n) is 2.24. The highest BCUT2D eigenvalue weighted by atomic mass is 32.2. The van der Waals surface area contributed by atoms with Crippen LogP contribution in [0.25, 0.3) is 0 Å². The highest BCUT2D eigenvalue weighted by Crippen LogP contribution is 2.18. The molecule has 1 unspecified atom stereocenters. The van der Waals surface area contributed by atoms with E-state index in [2.05, 4.69) is 5.32 Å². The summed E-state index contributed by atoms with van der Waals surface area (Å²) in [5, 5.41) is 3.22. The monoisotopic (exact) mass is 286 g/mol. The van der Waals surface area contributed by atoms with Crippen LogP contribution in [0.4, 0.5) is 10.1 Å². The second-order valence-corrected chi connectivity index (χ2v) is 6.91. The third-order valence-electron chi connectivity index (χ3n) is 3.43. The summed E-state index contributed by atoms with van der Waals surface area (Å²) in [6.45, 7) is 0.875. The minimum Gasteiger partial charge on any atom is -0.313 e. The normalized spacial score (nSPS) is 20.2. The Labute approximate surface area is 113 Å². The molecule has 1 aliphatic rings. The second-order valence-electron chi connectivity index (χ2n) is 4.87. The maximum absolute atomic E-state index is 12.8. The summed E-state index contributed by atoms with van der Waals surface area (Å²) in [6, 6.07) is 5.49. The highest BCUT2D eigenvalue weighted by Gasteiger charge is 2.24. The van der Waals surface area contributed by atoms with Crippen LogP contribution in [0.1, 0.15) is 19.3 Å². The molecule has 4 nitrogen and oxygen atoms in total. The number of anilines is 1. The third-order valence-corrected chi connectivity index (χ3v) is 5.30. The molecule has 1 fully saturated rings. The van der Waals surface area contributed by atoms with Crippen molar-refractivity contribution in [2.45, 2.75) is 25.3 Å². The van der Waals surface area contributed by atoms with E-state index >= 15 is 0 Å². The van der Waals surface area contributed by atoms with Gasteiger partial charge in [-0.1, -0.05) is 6.42 Å². The number of nitrogens with zero attached hydrogens (tertiary/aromatic N) is 1. The number of piperidine rings is 1. The third kappa shape index (κ3) is 3.67. The van der Waals surface area contributed by atoms with Crippen molar-refractivity contribution < 1.29 is 12.8 Å². The number of benzene rings is 1. The Balaban J connectivity index is 2.07. The zero-order valence-corrected chi connectivity index (χ0v) is 11.8. The van der Waals surface area contributed by atoms with Gasteiger partial charge in [0.1, 0.15) is 5.82 Å². The zero-order valence-electron chi connectivity index (χ0n) is 11.0. The van der Waals surface area contributed by atoms with E-state index in [9.17, 15) is 12.8 Å². The lowest BCUT2D eigenvalue weighted by Gasteiger charge is -2.26. The van der Waals surface area contributed by atoms with Crippen molar-refractivity contribution in [2.24, 2.45) is 0 Å². The standard InChI is InChI=1S/C13H19FN2O2S/c1-16(13-7-5-11(14)6-8-13)19(17,18)10-12-4-2-3-9-15-12/h5-8,12,15H,2-4,9-10H2,1H3. The van der Waals surface area contributed by atoms with Crippen LogP contribution in [0.5, 0.6) is 0 Å². The summed E-state index contributed by atoms with van der Waals surface area (Å²) in [5.41, 5.74) is 0.484. The van der Waals surface area contributed by atoms with Crippen molar-refractivity contribution >= 4 is 15.7 Å².